The third-order valence-corrected chi connectivity index (χ3v) is 4.86. The van der Waals surface area contributed by atoms with Gasteiger partial charge in [-0.2, -0.15) is 0 Å². The number of halogens is 1. The summed E-state index contributed by atoms with van der Waals surface area (Å²) in [6.07, 6.45) is 3.87. The molecule has 3 heteroatoms. The van der Waals surface area contributed by atoms with Crippen molar-refractivity contribution in [3.8, 4) is 0 Å². The summed E-state index contributed by atoms with van der Waals surface area (Å²) in [4.78, 5) is 12.4. The van der Waals surface area contributed by atoms with Crippen LogP contribution >= 0.6 is 15.9 Å². The van der Waals surface area contributed by atoms with Crippen LogP contribution in [0.2, 0.25) is 0 Å². The molecule has 1 aliphatic rings. The maximum absolute atomic E-state index is 12.4. The van der Waals surface area contributed by atoms with E-state index >= 15 is 0 Å². The third-order valence-electron chi connectivity index (χ3n) is 4.33. The van der Waals surface area contributed by atoms with Gasteiger partial charge in [-0.15, -0.1) is 0 Å². The Morgan fingerprint density at radius 3 is 2.41 bits per heavy atom. The number of carbonyl (C=O) groups is 1. The number of nitrogens with one attached hydrogen (secondary N) is 1. The number of ketones is 1. The van der Waals surface area contributed by atoms with E-state index in [0.29, 0.717) is 5.78 Å². The molecule has 3 rings (SSSR count). The zero-order valence-corrected chi connectivity index (χ0v) is 14.1. The Labute approximate surface area is 140 Å². The molecule has 2 aromatic rings. The van der Waals surface area contributed by atoms with Gasteiger partial charge in [0.05, 0.1) is 6.04 Å². The van der Waals surface area contributed by atoms with E-state index < -0.39 is 0 Å². The summed E-state index contributed by atoms with van der Waals surface area (Å²) in [7, 11) is 0. The molecule has 22 heavy (non-hydrogen) atoms. The highest BCUT2D eigenvalue weighted by Gasteiger charge is 2.31. The van der Waals surface area contributed by atoms with Crippen LogP contribution in [0.25, 0.3) is 0 Å². The van der Waals surface area contributed by atoms with Crippen molar-refractivity contribution in [1.29, 1.82) is 0 Å². The van der Waals surface area contributed by atoms with Gasteiger partial charge in [0.25, 0.3) is 0 Å². The van der Waals surface area contributed by atoms with E-state index in [1.54, 1.807) is 0 Å². The van der Waals surface area contributed by atoms with E-state index in [1.165, 1.54) is 5.56 Å². The molecular formula is C19H20BrNO. The van der Waals surface area contributed by atoms with Crippen molar-refractivity contribution in [2.45, 2.75) is 31.7 Å². The highest BCUT2D eigenvalue weighted by Crippen LogP contribution is 2.35. The Morgan fingerprint density at radius 2 is 1.73 bits per heavy atom. The molecule has 0 heterocycles. The van der Waals surface area contributed by atoms with Gasteiger partial charge in [0, 0.05) is 22.5 Å². The van der Waals surface area contributed by atoms with Crippen LogP contribution in [-0.2, 0) is 4.79 Å². The normalized spacial score (nSPS) is 19.7. The number of Topliss-reactive ketones (excluding diaryl/α,β-unsaturated/α-hetero) is 1. The molecule has 1 saturated carbocycles. The molecular weight excluding hydrogens is 338 g/mol. The Morgan fingerprint density at radius 1 is 1.00 bits per heavy atom. The summed E-state index contributed by atoms with van der Waals surface area (Å²) in [5.74, 6) is 0.463. The van der Waals surface area contributed by atoms with Crippen LogP contribution < -0.4 is 5.32 Å². The van der Waals surface area contributed by atoms with Gasteiger partial charge < -0.3 is 5.32 Å². The van der Waals surface area contributed by atoms with Crippen molar-refractivity contribution in [2.75, 3.05) is 5.32 Å². The minimum Gasteiger partial charge on any atom is -0.378 e. The molecule has 1 aliphatic carbocycles. The lowest BCUT2D eigenvalue weighted by molar-refractivity contribution is -0.125. The molecule has 0 amide bonds. The first kappa shape index (κ1) is 15.3. The lowest BCUT2D eigenvalue weighted by atomic mass is 9.80. The zero-order chi connectivity index (χ0) is 15.4. The van der Waals surface area contributed by atoms with E-state index in [1.807, 2.05) is 42.5 Å². The Bertz CT molecular complexity index is 624. The van der Waals surface area contributed by atoms with E-state index in [4.69, 9.17) is 0 Å². The lowest BCUT2D eigenvalue weighted by Crippen LogP contribution is -2.30. The van der Waals surface area contributed by atoms with Gasteiger partial charge in [0.15, 0.2) is 0 Å². The number of carbonyl (C=O) groups excluding carboxylic acids is 1. The first-order valence-electron chi connectivity index (χ1n) is 7.84. The minimum atomic E-state index is 0.0511. The molecule has 0 bridgehead atoms. The molecule has 0 unspecified atom stereocenters. The van der Waals surface area contributed by atoms with Crippen molar-refractivity contribution < 1.29 is 4.79 Å². The smallest absolute Gasteiger partial charge is 0.138 e. The Balaban J connectivity index is 1.88. The highest BCUT2D eigenvalue weighted by molar-refractivity contribution is 9.10. The quantitative estimate of drug-likeness (QED) is 0.797. The number of hydrogen-bond donors (Lipinski definition) is 1. The fourth-order valence-corrected chi connectivity index (χ4v) is 3.43. The first-order chi connectivity index (χ1) is 10.7. The lowest BCUT2D eigenvalue weighted by Gasteiger charge is -2.31. The van der Waals surface area contributed by atoms with Crippen molar-refractivity contribution in [3.05, 3.63) is 64.6 Å². The molecule has 114 valence electrons. The average molecular weight is 358 g/mol. The molecule has 2 nitrogen and oxygen atoms in total. The maximum atomic E-state index is 12.4. The topological polar surface area (TPSA) is 29.1 Å². The van der Waals surface area contributed by atoms with Crippen molar-refractivity contribution in [2.24, 2.45) is 5.92 Å². The van der Waals surface area contributed by atoms with E-state index in [-0.39, 0.29) is 12.0 Å². The van der Waals surface area contributed by atoms with Gasteiger partial charge in [-0.25, -0.2) is 0 Å². The van der Waals surface area contributed by atoms with Gasteiger partial charge in [-0.1, -0.05) is 52.7 Å². The summed E-state index contributed by atoms with van der Waals surface area (Å²) in [6.45, 7) is 0. The number of anilines is 1. The number of hydrogen-bond acceptors (Lipinski definition) is 2. The van der Waals surface area contributed by atoms with Crippen LogP contribution in [0.15, 0.2) is 59.1 Å². The first-order valence-corrected chi connectivity index (χ1v) is 8.63. The molecule has 2 aromatic carbocycles. The summed E-state index contributed by atoms with van der Waals surface area (Å²) in [5.41, 5.74) is 2.24. The Kier molecular flexibility index (Phi) is 4.94. The number of benzene rings is 2. The van der Waals surface area contributed by atoms with Crippen LogP contribution in [-0.4, -0.2) is 5.78 Å². The molecule has 0 radical (unpaired) electrons. The van der Waals surface area contributed by atoms with Crippen molar-refractivity contribution >= 4 is 27.4 Å². The maximum Gasteiger partial charge on any atom is 0.138 e. The fourth-order valence-electron chi connectivity index (χ4n) is 3.16. The Hall–Kier alpha value is -1.61. The van der Waals surface area contributed by atoms with Crippen LogP contribution in [0.3, 0.4) is 0 Å². The van der Waals surface area contributed by atoms with E-state index in [2.05, 4.69) is 33.4 Å². The zero-order valence-electron chi connectivity index (χ0n) is 12.5. The fraction of sp³-hybridized carbons (Fsp3) is 0.316. The van der Waals surface area contributed by atoms with E-state index in [9.17, 15) is 4.79 Å². The van der Waals surface area contributed by atoms with Crippen molar-refractivity contribution in [3.63, 3.8) is 0 Å². The summed E-state index contributed by atoms with van der Waals surface area (Å²) in [6, 6.07) is 18.5. The van der Waals surface area contributed by atoms with Crippen LogP contribution in [0, 0.1) is 5.92 Å². The molecule has 1 N–H and O–H groups in total. The minimum absolute atomic E-state index is 0.0511. The SMILES string of the molecule is O=C1CCCC[C@H]1[C@H](Nc1ccc(Br)cc1)c1ccccc1. The molecule has 0 saturated heterocycles. The molecule has 1 fully saturated rings. The van der Waals surface area contributed by atoms with Gasteiger partial charge in [-0.05, 0) is 42.7 Å². The van der Waals surface area contributed by atoms with Gasteiger partial charge in [0.1, 0.15) is 5.78 Å². The van der Waals surface area contributed by atoms with Gasteiger partial charge >= 0.3 is 0 Å². The summed E-state index contributed by atoms with van der Waals surface area (Å²) >= 11 is 3.46. The predicted molar refractivity (Wildman–Crippen MR) is 93.9 cm³/mol. The second-order valence-corrected chi connectivity index (χ2v) is 6.77. The number of rotatable bonds is 4. The average Bonchev–Trinajstić information content (AvgIpc) is 2.56. The van der Waals surface area contributed by atoms with Crippen molar-refractivity contribution in [1.82, 2.24) is 0 Å². The monoisotopic (exact) mass is 357 g/mol. The highest BCUT2D eigenvalue weighted by atomic mass is 79.9. The van der Waals surface area contributed by atoms with Crippen LogP contribution in [0.4, 0.5) is 5.69 Å². The van der Waals surface area contributed by atoms with Crippen LogP contribution in [0.1, 0.15) is 37.3 Å². The molecule has 0 spiro atoms. The molecule has 2 atom stereocenters. The molecule has 0 aromatic heterocycles. The van der Waals surface area contributed by atoms with Gasteiger partial charge in [0.2, 0.25) is 0 Å². The second-order valence-electron chi connectivity index (χ2n) is 5.86. The summed E-state index contributed by atoms with van der Waals surface area (Å²) in [5, 5.41) is 3.58. The largest absolute Gasteiger partial charge is 0.378 e. The standard InChI is InChI=1S/C19H20BrNO/c20-15-10-12-16(13-11-15)21-19(14-6-2-1-3-7-14)17-8-4-5-9-18(17)22/h1-3,6-7,10-13,17,19,21H,4-5,8-9H2/t17-,19-/m1/s1. The van der Waals surface area contributed by atoms with Crippen LogP contribution in [0.5, 0.6) is 0 Å². The predicted octanol–water partition coefficient (Wildman–Crippen LogP) is 5.36. The summed E-state index contributed by atoms with van der Waals surface area (Å²) < 4.78 is 1.06. The van der Waals surface area contributed by atoms with E-state index in [0.717, 1.165) is 35.8 Å². The molecule has 0 aliphatic heterocycles. The third kappa shape index (κ3) is 3.58. The van der Waals surface area contributed by atoms with Gasteiger partial charge in [-0.3, -0.25) is 4.79 Å². The second kappa shape index (κ2) is 7.10.